The van der Waals surface area contributed by atoms with Gasteiger partial charge in [0.15, 0.2) is 10.9 Å². The predicted octanol–water partition coefficient (Wildman–Crippen LogP) is 3.40. The van der Waals surface area contributed by atoms with E-state index in [9.17, 15) is 9.18 Å². The molecule has 0 atom stereocenters. The summed E-state index contributed by atoms with van der Waals surface area (Å²) in [6.07, 6.45) is 1.42. The quantitative estimate of drug-likeness (QED) is 0.467. The maximum absolute atomic E-state index is 14.0. The highest BCUT2D eigenvalue weighted by Crippen LogP contribution is 2.27. The van der Waals surface area contributed by atoms with E-state index in [0.717, 1.165) is 0 Å². The van der Waals surface area contributed by atoms with Crippen LogP contribution in [0.3, 0.4) is 0 Å². The molecule has 2 aromatic carbocycles. The topological polar surface area (TPSA) is 66.2 Å². The zero-order valence-corrected chi connectivity index (χ0v) is 15.0. The van der Waals surface area contributed by atoms with Crippen molar-refractivity contribution in [3.05, 3.63) is 60.2 Å². The number of Topliss-reactive ketones (excluding diaryl/α,β-unsaturated/α-hetero) is 1. The van der Waals surface area contributed by atoms with Crippen molar-refractivity contribution in [3.8, 4) is 17.2 Å². The predicted molar refractivity (Wildman–Crippen MR) is 95.9 cm³/mol. The van der Waals surface area contributed by atoms with E-state index >= 15 is 0 Å². The third kappa shape index (κ3) is 3.70. The maximum atomic E-state index is 14.0. The Labute approximate surface area is 154 Å². The Morgan fingerprint density at radius 1 is 1.19 bits per heavy atom. The molecule has 0 saturated carbocycles. The Hall–Kier alpha value is -2.87. The van der Waals surface area contributed by atoms with E-state index in [2.05, 4.69) is 10.2 Å². The molecule has 0 spiro atoms. The molecule has 0 N–H and O–H groups in total. The summed E-state index contributed by atoms with van der Waals surface area (Å²) in [5.74, 6) is 0.612. The number of thioether (sulfide) groups is 1. The molecule has 8 heteroatoms. The average Bonchev–Trinajstić information content (AvgIpc) is 3.14. The van der Waals surface area contributed by atoms with Crippen LogP contribution in [-0.4, -0.2) is 40.5 Å². The van der Waals surface area contributed by atoms with E-state index in [-0.39, 0.29) is 11.5 Å². The van der Waals surface area contributed by atoms with Crippen LogP contribution in [0.4, 0.5) is 4.39 Å². The number of hydrogen-bond acceptors (Lipinski definition) is 6. The first kappa shape index (κ1) is 17.9. The fourth-order valence-corrected chi connectivity index (χ4v) is 3.18. The van der Waals surface area contributed by atoms with Crippen LogP contribution < -0.4 is 9.47 Å². The molecule has 0 amide bonds. The van der Waals surface area contributed by atoms with Crippen LogP contribution in [0.25, 0.3) is 5.69 Å². The van der Waals surface area contributed by atoms with Crippen LogP contribution in [-0.2, 0) is 0 Å². The standard InChI is InChI=1S/C18H16FN3O3S/c1-24-12-7-8-13(17(9-12)25-2)16(23)10-26-18-21-20-11-22(18)15-6-4-3-5-14(15)19/h3-9,11H,10H2,1-2H3. The summed E-state index contributed by atoms with van der Waals surface area (Å²) in [5.41, 5.74) is 0.771. The van der Waals surface area contributed by atoms with Gasteiger partial charge in [-0.05, 0) is 24.3 Å². The van der Waals surface area contributed by atoms with Gasteiger partial charge in [0, 0.05) is 6.07 Å². The van der Waals surface area contributed by atoms with Gasteiger partial charge in [-0.25, -0.2) is 4.39 Å². The summed E-state index contributed by atoms with van der Waals surface area (Å²) in [5, 5.41) is 8.22. The van der Waals surface area contributed by atoms with Crippen molar-refractivity contribution in [1.82, 2.24) is 14.8 Å². The second kappa shape index (κ2) is 8.01. The average molecular weight is 373 g/mol. The molecule has 26 heavy (non-hydrogen) atoms. The van der Waals surface area contributed by atoms with Crippen LogP contribution in [0.5, 0.6) is 11.5 Å². The van der Waals surface area contributed by atoms with Gasteiger partial charge >= 0.3 is 0 Å². The lowest BCUT2D eigenvalue weighted by Gasteiger charge is -2.10. The number of hydrogen-bond donors (Lipinski definition) is 0. The highest BCUT2D eigenvalue weighted by molar-refractivity contribution is 7.99. The first-order chi connectivity index (χ1) is 12.6. The number of ether oxygens (including phenoxy) is 2. The number of para-hydroxylation sites is 1. The summed E-state index contributed by atoms with van der Waals surface area (Å²) in [7, 11) is 3.04. The minimum atomic E-state index is -0.391. The molecule has 1 aromatic heterocycles. The number of carbonyl (C=O) groups is 1. The number of methoxy groups -OCH3 is 2. The number of rotatable bonds is 7. The minimum Gasteiger partial charge on any atom is -0.497 e. The molecular formula is C18H16FN3O3S. The van der Waals surface area contributed by atoms with Gasteiger partial charge in [-0.2, -0.15) is 0 Å². The number of aromatic nitrogens is 3. The van der Waals surface area contributed by atoms with E-state index in [4.69, 9.17) is 9.47 Å². The lowest BCUT2D eigenvalue weighted by molar-refractivity contribution is 0.101. The van der Waals surface area contributed by atoms with Crippen molar-refractivity contribution in [2.45, 2.75) is 5.16 Å². The molecule has 0 aliphatic carbocycles. The van der Waals surface area contributed by atoms with E-state index < -0.39 is 5.82 Å². The van der Waals surface area contributed by atoms with Crippen molar-refractivity contribution in [2.75, 3.05) is 20.0 Å². The lowest BCUT2D eigenvalue weighted by Crippen LogP contribution is -2.07. The molecule has 0 bridgehead atoms. The van der Waals surface area contributed by atoms with Gasteiger partial charge in [-0.1, -0.05) is 23.9 Å². The Balaban J connectivity index is 1.78. The molecule has 134 valence electrons. The first-order valence-electron chi connectivity index (χ1n) is 7.67. The Morgan fingerprint density at radius 3 is 2.73 bits per heavy atom. The van der Waals surface area contributed by atoms with E-state index in [1.807, 2.05) is 0 Å². The lowest BCUT2D eigenvalue weighted by atomic mass is 10.1. The maximum Gasteiger partial charge on any atom is 0.196 e. The van der Waals surface area contributed by atoms with Crippen LogP contribution in [0.15, 0.2) is 53.9 Å². The van der Waals surface area contributed by atoms with Gasteiger partial charge in [0.25, 0.3) is 0 Å². The summed E-state index contributed by atoms with van der Waals surface area (Å²) in [4.78, 5) is 12.6. The van der Waals surface area contributed by atoms with Gasteiger partial charge in [0.2, 0.25) is 0 Å². The highest BCUT2D eigenvalue weighted by atomic mass is 32.2. The molecule has 0 unspecified atom stereocenters. The van der Waals surface area contributed by atoms with Crippen LogP contribution >= 0.6 is 11.8 Å². The third-order valence-corrected chi connectivity index (χ3v) is 4.61. The van der Waals surface area contributed by atoms with Gasteiger partial charge < -0.3 is 9.47 Å². The summed E-state index contributed by atoms with van der Waals surface area (Å²) >= 11 is 1.18. The van der Waals surface area contributed by atoms with Crippen LogP contribution in [0.2, 0.25) is 0 Å². The SMILES string of the molecule is COc1ccc(C(=O)CSc2nncn2-c2ccccc2F)c(OC)c1. The van der Waals surface area contributed by atoms with E-state index in [1.54, 1.807) is 43.5 Å². The van der Waals surface area contributed by atoms with E-state index in [1.165, 1.54) is 35.8 Å². The summed E-state index contributed by atoms with van der Waals surface area (Å²) in [6, 6.07) is 11.3. The van der Waals surface area contributed by atoms with Crippen molar-refractivity contribution >= 4 is 17.5 Å². The minimum absolute atomic E-state index is 0.107. The molecular weight excluding hydrogens is 357 g/mol. The molecule has 0 fully saturated rings. The molecule has 6 nitrogen and oxygen atoms in total. The highest BCUT2D eigenvalue weighted by Gasteiger charge is 2.17. The smallest absolute Gasteiger partial charge is 0.196 e. The molecule has 1 heterocycles. The summed E-state index contributed by atoms with van der Waals surface area (Å²) < 4.78 is 25.9. The van der Waals surface area contributed by atoms with E-state index in [0.29, 0.717) is 27.9 Å². The van der Waals surface area contributed by atoms with Crippen molar-refractivity contribution in [3.63, 3.8) is 0 Å². The second-order valence-electron chi connectivity index (χ2n) is 5.21. The molecule has 0 aliphatic rings. The van der Waals surface area contributed by atoms with Crippen molar-refractivity contribution < 1.29 is 18.7 Å². The van der Waals surface area contributed by atoms with Crippen LogP contribution in [0, 0.1) is 5.82 Å². The monoisotopic (exact) mass is 373 g/mol. The Kier molecular flexibility index (Phi) is 5.52. The molecule has 0 aliphatic heterocycles. The van der Waals surface area contributed by atoms with Crippen molar-refractivity contribution in [1.29, 1.82) is 0 Å². The number of carbonyl (C=O) groups excluding carboxylic acids is 1. The zero-order valence-electron chi connectivity index (χ0n) is 14.2. The molecule has 0 radical (unpaired) electrons. The van der Waals surface area contributed by atoms with Gasteiger partial charge in [-0.15, -0.1) is 10.2 Å². The fraction of sp³-hybridized carbons (Fsp3) is 0.167. The molecule has 3 rings (SSSR count). The zero-order chi connectivity index (χ0) is 18.5. The van der Waals surface area contributed by atoms with Crippen LogP contribution in [0.1, 0.15) is 10.4 Å². The van der Waals surface area contributed by atoms with Crippen molar-refractivity contribution in [2.24, 2.45) is 0 Å². The number of nitrogens with zero attached hydrogens (tertiary/aromatic N) is 3. The third-order valence-electron chi connectivity index (χ3n) is 3.67. The van der Waals surface area contributed by atoms with Gasteiger partial charge in [0.1, 0.15) is 23.6 Å². The number of ketones is 1. The fourth-order valence-electron chi connectivity index (χ4n) is 2.37. The second-order valence-corrected chi connectivity index (χ2v) is 6.16. The first-order valence-corrected chi connectivity index (χ1v) is 8.65. The number of halogens is 1. The Bertz CT molecular complexity index is 930. The normalized spacial score (nSPS) is 10.6. The molecule has 0 saturated heterocycles. The van der Waals surface area contributed by atoms with Gasteiger partial charge in [-0.3, -0.25) is 9.36 Å². The number of benzene rings is 2. The largest absolute Gasteiger partial charge is 0.497 e. The molecule has 3 aromatic rings. The summed E-state index contributed by atoms with van der Waals surface area (Å²) in [6.45, 7) is 0. The van der Waals surface area contributed by atoms with Gasteiger partial charge in [0.05, 0.1) is 31.2 Å². The Morgan fingerprint density at radius 2 is 2.00 bits per heavy atom.